The summed E-state index contributed by atoms with van der Waals surface area (Å²) >= 11 is 0. The van der Waals surface area contributed by atoms with Gasteiger partial charge in [0.15, 0.2) is 5.76 Å². The Hall–Kier alpha value is -2.34. The van der Waals surface area contributed by atoms with Gasteiger partial charge >= 0.3 is 0 Å². The summed E-state index contributed by atoms with van der Waals surface area (Å²) in [6.07, 6.45) is 1.07. The van der Waals surface area contributed by atoms with Crippen LogP contribution in [0.3, 0.4) is 0 Å². The number of benzene rings is 1. The number of carbonyl (C=O) groups is 1. The molecule has 0 bridgehead atoms. The summed E-state index contributed by atoms with van der Waals surface area (Å²) in [5.74, 6) is 0.640. The fourth-order valence-corrected chi connectivity index (χ4v) is 2.24. The molecular weight excluding hydrogens is 284 g/mol. The lowest BCUT2D eigenvalue weighted by molar-refractivity contribution is 0.0938. The first-order valence-corrected chi connectivity index (χ1v) is 7.23. The quantitative estimate of drug-likeness (QED) is 0.885. The fraction of sp³-hybridized carbons (Fsp3) is 0.375. The Morgan fingerprint density at radius 1 is 1.41 bits per heavy atom. The molecule has 1 aromatic heterocycles. The number of nitrogens with one attached hydrogen (secondary N) is 1. The van der Waals surface area contributed by atoms with Crippen LogP contribution in [0.5, 0.6) is 5.75 Å². The van der Waals surface area contributed by atoms with Gasteiger partial charge in [0.25, 0.3) is 5.91 Å². The third-order valence-corrected chi connectivity index (χ3v) is 3.60. The summed E-state index contributed by atoms with van der Waals surface area (Å²) < 4.78 is 10.3. The molecule has 1 fully saturated rings. The summed E-state index contributed by atoms with van der Waals surface area (Å²) in [5, 5.41) is 16.7. The maximum atomic E-state index is 12.5. The highest BCUT2D eigenvalue weighted by atomic mass is 16.5. The lowest BCUT2D eigenvalue weighted by Crippen LogP contribution is -2.26. The topological polar surface area (TPSA) is 84.6 Å². The lowest BCUT2D eigenvalue weighted by Gasteiger charge is -2.07. The maximum absolute atomic E-state index is 12.5. The maximum Gasteiger partial charge on any atom is 0.257 e. The van der Waals surface area contributed by atoms with Crippen molar-refractivity contribution in [1.82, 2.24) is 10.5 Å². The number of hydrogen-bond donors (Lipinski definition) is 2. The number of nitrogens with zero attached hydrogens (tertiary/aromatic N) is 1. The van der Waals surface area contributed by atoms with Gasteiger partial charge in [0.1, 0.15) is 23.1 Å². The first kappa shape index (κ1) is 14.6. The molecule has 1 amide bonds. The Labute approximate surface area is 128 Å². The van der Waals surface area contributed by atoms with Gasteiger partial charge in [-0.2, -0.15) is 0 Å². The molecule has 6 heteroatoms. The van der Waals surface area contributed by atoms with Crippen LogP contribution in [0.1, 0.15) is 42.0 Å². The van der Waals surface area contributed by atoms with Crippen molar-refractivity contribution >= 4 is 5.91 Å². The van der Waals surface area contributed by atoms with Gasteiger partial charge in [0, 0.05) is 11.6 Å². The standard InChI is InChI=1S/C16H18N2O4/c1-9(19)15-13(16(20)17-11-5-6-11)14(18-22-15)10-3-7-12(21-2)8-4-10/h3-4,7-9,11,19H,5-6H2,1-2H3,(H,17,20). The molecule has 2 aromatic rings. The van der Waals surface area contributed by atoms with Crippen LogP contribution in [0.2, 0.25) is 0 Å². The Kier molecular flexibility index (Phi) is 3.85. The first-order chi connectivity index (χ1) is 10.6. The summed E-state index contributed by atoms with van der Waals surface area (Å²) in [6.45, 7) is 1.55. The Bertz CT molecular complexity index is 672. The molecule has 0 saturated heterocycles. The highest BCUT2D eigenvalue weighted by molar-refractivity contribution is 6.01. The molecule has 1 heterocycles. The number of hydrogen-bond acceptors (Lipinski definition) is 5. The van der Waals surface area contributed by atoms with Crippen molar-refractivity contribution in [2.45, 2.75) is 31.9 Å². The average Bonchev–Trinajstić information content (AvgIpc) is 3.21. The highest BCUT2D eigenvalue weighted by Gasteiger charge is 2.30. The predicted molar refractivity (Wildman–Crippen MR) is 79.6 cm³/mol. The molecule has 3 rings (SSSR count). The van der Waals surface area contributed by atoms with E-state index in [2.05, 4.69) is 10.5 Å². The van der Waals surface area contributed by atoms with E-state index in [-0.39, 0.29) is 17.7 Å². The Morgan fingerprint density at radius 2 is 2.09 bits per heavy atom. The van der Waals surface area contributed by atoms with E-state index in [1.807, 2.05) is 0 Å². The number of ether oxygens (including phenoxy) is 1. The van der Waals surface area contributed by atoms with Gasteiger partial charge in [-0.05, 0) is 44.0 Å². The van der Waals surface area contributed by atoms with Gasteiger partial charge in [0.2, 0.25) is 0 Å². The molecule has 1 aliphatic carbocycles. The van der Waals surface area contributed by atoms with Crippen molar-refractivity contribution in [2.75, 3.05) is 7.11 Å². The van der Waals surface area contributed by atoms with Crippen LogP contribution in [0.15, 0.2) is 28.8 Å². The summed E-state index contributed by atoms with van der Waals surface area (Å²) in [6, 6.07) is 7.39. The zero-order valence-corrected chi connectivity index (χ0v) is 12.5. The van der Waals surface area contributed by atoms with Crippen LogP contribution in [0, 0.1) is 0 Å². The average molecular weight is 302 g/mol. The van der Waals surface area contributed by atoms with Crippen LogP contribution in [0.4, 0.5) is 0 Å². The van der Waals surface area contributed by atoms with Crippen LogP contribution < -0.4 is 10.1 Å². The van der Waals surface area contributed by atoms with Crippen molar-refractivity contribution in [3.8, 4) is 17.0 Å². The van der Waals surface area contributed by atoms with Gasteiger partial charge in [-0.15, -0.1) is 0 Å². The predicted octanol–water partition coefficient (Wildman–Crippen LogP) is 2.30. The van der Waals surface area contributed by atoms with Gasteiger partial charge in [-0.1, -0.05) is 5.16 Å². The zero-order chi connectivity index (χ0) is 15.7. The minimum atomic E-state index is -0.903. The Balaban J connectivity index is 2.00. The molecule has 1 atom stereocenters. The summed E-state index contributed by atoms with van der Waals surface area (Å²) in [7, 11) is 1.59. The van der Waals surface area contributed by atoms with E-state index >= 15 is 0 Å². The molecule has 0 spiro atoms. The monoisotopic (exact) mass is 302 g/mol. The van der Waals surface area contributed by atoms with E-state index in [4.69, 9.17) is 9.26 Å². The van der Waals surface area contributed by atoms with Gasteiger partial charge in [-0.3, -0.25) is 4.79 Å². The van der Waals surface area contributed by atoms with Crippen molar-refractivity contribution in [1.29, 1.82) is 0 Å². The highest BCUT2D eigenvalue weighted by Crippen LogP contribution is 2.31. The van der Waals surface area contributed by atoms with Crippen molar-refractivity contribution in [2.24, 2.45) is 0 Å². The lowest BCUT2D eigenvalue weighted by atomic mass is 10.0. The molecule has 116 valence electrons. The van der Waals surface area contributed by atoms with Gasteiger partial charge in [0.05, 0.1) is 7.11 Å². The van der Waals surface area contributed by atoms with Crippen molar-refractivity contribution < 1.29 is 19.2 Å². The van der Waals surface area contributed by atoms with Gasteiger partial charge in [-0.25, -0.2) is 0 Å². The second-order valence-electron chi connectivity index (χ2n) is 5.42. The molecule has 0 aliphatic heterocycles. The number of rotatable bonds is 5. The second-order valence-corrected chi connectivity index (χ2v) is 5.42. The van der Waals surface area contributed by atoms with E-state index < -0.39 is 6.10 Å². The van der Waals surface area contributed by atoms with Crippen LogP contribution in [0.25, 0.3) is 11.3 Å². The summed E-state index contributed by atoms with van der Waals surface area (Å²) in [4.78, 5) is 12.5. The summed E-state index contributed by atoms with van der Waals surface area (Å²) in [5.41, 5.74) is 1.46. The van der Waals surface area contributed by atoms with Gasteiger partial charge < -0.3 is 19.7 Å². The third kappa shape index (κ3) is 2.82. The minimum Gasteiger partial charge on any atom is -0.497 e. The Morgan fingerprint density at radius 3 is 2.64 bits per heavy atom. The van der Waals surface area contributed by atoms with E-state index in [0.717, 1.165) is 18.4 Å². The van der Waals surface area contributed by atoms with E-state index in [1.54, 1.807) is 38.3 Å². The number of aromatic nitrogens is 1. The second kappa shape index (κ2) is 5.81. The van der Waals surface area contributed by atoms with E-state index in [0.29, 0.717) is 17.0 Å². The van der Waals surface area contributed by atoms with Crippen LogP contribution in [-0.2, 0) is 0 Å². The molecule has 1 saturated carbocycles. The molecule has 6 nitrogen and oxygen atoms in total. The molecule has 2 N–H and O–H groups in total. The number of methoxy groups -OCH3 is 1. The minimum absolute atomic E-state index is 0.184. The number of aliphatic hydroxyl groups is 1. The fourth-order valence-electron chi connectivity index (χ4n) is 2.24. The normalized spacial score (nSPS) is 15.4. The molecule has 1 aromatic carbocycles. The zero-order valence-electron chi connectivity index (χ0n) is 12.5. The first-order valence-electron chi connectivity index (χ1n) is 7.23. The number of carbonyl (C=O) groups excluding carboxylic acids is 1. The van der Waals surface area contributed by atoms with Crippen molar-refractivity contribution in [3.63, 3.8) is 0 Å². The van der Waals surface area contributed by atoms with Crippen molar-refractivity contribution in [3.05, 3.63) is 35.6 Å². The largest absolute Gasteiger partial charge is 0.497 e. The van der Waals surface area contributed by atoms with Crippen LogP contribution >= 0.6 is 0 Å². The molecular formula is C16H18N2O4. The smallest absolute Gasteiger partial charge is 0.257 e. The number of aliphatic hydroxyl groups excluding tert-OH is 1. The third-order valence-electron chi connectivity index (χ3n) is 3.60. The molecule has 1 unspecified atom stereocenters. The SMILES string of the molecule is COc1ccc(-c2noc(C(C)O)c2C(=O)NC2CC2)cc1. The van der Waals surface area contributed by atoms with E-state index in [9.17, 15) is 9.90 Å². The van der Waals surface area contributed by atoms with Crippen LogP contribution in [-0.4, -0.2) is 29.3 Å². The van der Waals surface area contributed by atoms with E-state index in [1.165, 1.54) is 0 Å². The molecule has 1 aliphatic rings. The number of amides is 1. The molecule has 0 radical (unpaired) electrons. The molecule has 22 heavy (non-hydrogen) atoms.